The van der Waals surface area contributed by atoms with Gasteiger partial charge in [-0.2, -0.15) is 5.26 Å². The Morgan fingerprint density at radius 1 is 1.00 bits per heavy atom. The number of piperazine rings is 1. The summed E-state index contributed by atoms with van der Waals surface area (Å²) in [4.78, 5) is 48.7. The van der Waals surface area contributed by atoms with Crippen LogP contribution in [-0.2, 0) is 37.4 Å². The molecule has 3 aromatic carbocycles. The quantitative estimate of drug-likeness (QED) is 0.243. The number of nitrogens with zero attached hydrogens (tertiary/aromatic N) is 4. The molecule has 1 amide bonds. The minimum absolute atomic E-state index is 0.0469. The lowest BCUT2D eigenvalue weighted by atomic mass is 9.71. The number of carbonyl (C=O) groups excluding carboxylic acids is 3. The second-order valence-corrected chi connectivity index (χ2v) is 18.9. The van der Waals surface area contributed by atoms with Gasteiger partial charge in [-0.25, -0.2) is 9.59 Å². The van der Waals surface area contributed by atoms with Gasteiger partial charge in [0.15, 0.2) is 40.0 Å². The normalized spacial score (nSPS) is 27.2. The predicted molar refractivity (Wildman–Crippen MR) is 223 cm³/mol. The second-order valence-electron chi connectivity index (χ2n) is 17.8. The summed E-state index contributed by atoms with van der Waals surface area (Å²) in [6, 6.07) is 3.21. The van der Waals surface area contributed by atoms with E-state index in [1.54, 1.807) is 44.7 Å². The number of hydrogen-bond acceptors (Lipinski definition) is 16. The van der Waals surface area contributed by atoms with E-state index in [0.717, 1.165) is 11.1 Å². The Balaban J connectivity index is 1.37. The minimum Gasteiger partial charge on any atom is -0.504 e. The van der Waals surface area contributed by atoms with Gasteiger partial charge in [-0.3, -0.25) is 19.5 Å². The number of esters is 2. The molecule has 0 saturated carbocycles. The Bertz CT molecular complexity index is 2480. The van der Waals surface area contributed by atoms with Crippen LogP contribution < -0.4 is 23.7 Å². The summed E-state index contributed by atoms with van der Waals surface area (Å²) in [7, 11) is 4.77. The zero-order chi connectivity index (χ0) is 44.3. The number of likely N-dealkylation sites (N-methyl/N-ethyl adjacent to an activating group) is 1. The van der Waals surface area contributed by atoms with Gasteiger partial charge in [0.2, 0.25) is 6.79 Å². The maximum absolute atomic E-state index is 15.1. The number of hydrogen-bond donors (Lipinski definition) is 2. The number of aromatic hydroxyl groups is 2. The number of nitriles is 1. The zero-order valence-corrected chi connectivity index (χ0v) is 36.9. The molecule has 7 aliphatic rings. The van der Waals surface area contributed by atoms with E-state index >= 15 is 4.79 Å². The molecule has 7 atom stereocenters. The Hall–Kier alpha value is -5.57. The van der Waals surface area contributed by atoms with Crippen molar-refractivity contribution in [1.29, 1.82) is 5.26 Å². The topological polar surface area (TPSA) is 190 Å². The molecule has 1 unspecified atom stereocenters. The van der Waals surface area contributed by atoms with Crippen LogP contribution in [0.4, 0.5) is 4.79 Å². The van der Waals surface area contributed by atoms with Crippen LogP contribution in [0.2, 0.25) is 0 Å². The maximum Gasteiger partial charge on any atom is 0.411 e. The highest BCUT2D eigenvalue weighted by Gasteiger charge is 2.64. The van der Waals surface area contributed by atoms with Crippen LogP contribution in [0.1, 0.15) is 89.5 Å². The fourth-order valence-electron chi connectivity index (χ4n) is 10.8. The van der Waals surface area contributed by atoms with E-state index in [-0.39, 0.29) is 54.3 Å². The molecule has 3 aromatic rings. The number of ether oxygens (including phenoxy) is 7. The van der Waals surface area contributed by atoms with Crippen molar-refractivity contribution in [3.05, 3.63) is 62.7 Å². The number of amides is 1. The van der Waals surface area contributed by atoms with Crippen LogP contribution in [0.3, 0.4) is 0 Å². The first-order chi connectivity index (χ1) is 29.5. The molecular weight excluding hydrogens is 821 g/mol. The highest BCUT2D eigenvalue weighted by molar-refractivity contribution is 7.99. The molecule has 4 bridgehead atoms. The van der Waals surface area contributed by atoms with Crippen LogP contribution in [0.5, 0.6) is 40.2 Å². The molecule has 2 saturated heterocycles. The van der Waals surface area contributed by atoms with E-state index in [9.17, 15) is 25.1 Å². The van der Waals surface area contributed by atoms with E-state index in [0.29, 0.717) is 57.8 Å². The van der Waals surface area contributed by atoms with E-state index in [4.69, 9.17) is 33.2 Å². The third-order valence-corrected chi connectivity index (χ3v) is 14.7. The van der Waals surface area contributed by atoms with Crippen molar-refractivity contribution in [1.82, 2.24) is 14.7 Å². The van der Waals surface area contributed by atoms with Crippen molar-refractivity contribution < 1.29 is 57.8 Å². The highest BCUT2D eigenvalue weighted by atomic mass is 32.2. The first-order valence-corrected chi connectivity index (χ1v) is 21.6. The van der Waals surface area contributed by atoms with Gasteiger partial charge in [0.1, 0.15) is 24.0 Å². The number of thioether (sulfide) groups is 1. The Morgan fingerprint density at radius 2 is 1.74 bits per heavy atom. The van der Waals surface area contributed by atoms with E-state index < -0.39 is 64.6 Å². The van der Waals surface area contributed by atoms with E-state index in [2.05, 4.69) is 6.07 Å². The smallest absolute Gasteiger partial charge is 0.411 e. The fourth-order valence-corrected chi connectivity index (χ4v) is 12.6. The molecule has 62 heavy (non-hydrogen) atoms. The van der Waals surface area contributed by atoms with E-state index in [1.165, 1.54) is 32.9 Å². The molecule has 17 heteroatoms. The van der Waals surface area contributed by atoms with Crippen LogP contribution in [-0.4, -0.2) is 114 Å². The first-order valence-electron chi connectivity index (χ1n) is 20.6. The Kier molecular flexibility index (Phi) is 9.95. The van der Waals surface area contributed by atoms with E-state index in [1.807, 2.05) is 29.8 Å². The van der Waals surface area contributed by atoms with Crippen LogP contribution in [0.15, 0.2) is 18.2 Å². The van der Waals surface area contributed by atoms with Gasteiger partial charge < -0.3 is 43.4 Å². The molecule has 0 aromatic heterocycles. The van der Waals surface area contributed by atoms with Gasteiger partial charge >= 0.3 is 18.0 Å². The van der Waals surface area contributed by atoms with Gasteiger partial charge in [-0.15, -0.1) is 11.8 Å². The van der Waals surface area contributed by atoms with Gasteiger partial charge in [0, 0.05) is 41.5 Å². The average Bonchev–Trinajstić information content (AvgIpc) is 3.70. The molecule has 2 fully saturated rings. The largest absolute Gasteiger partial charge is 0.504 e. The SMILES string of the molecule is COc1cc2c(cc1O)CCN(C)[C@]21CS[C@@H]2c3c(OC(C)=O)c(C)c4c(c3[C@H](COC1=O)N1C2[C@H]2c3c(cc(C)c(OC)c3O)C[C@@H]([C@@H]1C#N)N2C(=O)OC(C)(C)C)OCO4. The molecule has 2 N–H and O–H groups in total. The number of methoxy groups -OCH3 is 2. The number of phenols is 2. The molecule has 16 nitrogen and oxygen atoms in total. The number of carbonyl (C=O) groups is 3. The summed E-state index contributed by atoms with van der Waals surface area (Å²) < 4.78 is 42.6. The lowest BCUT2D eigenvalue weighted by molar-refractivity contribution is -0.163. The second kappa shape index (κ2) is 14.8. The molecule has 0 aliphatic carbocycles. The third-order valence-electron chi connectivity index (χ3n) is 13.2. The van der Waals surface area contributed by atoms with Crippen LogP contribution in [0.25, 0.3) is 0 Å². The monoisotopic (exact) mass is 870 g/mol. The van der Waals surface area contributed by atoms with Crippen LogP contribution >= 0.6 is 11.8 Å². The molecule has 1 spiro atoms. The Morgan fingerprint density at radius 3 is 2.42 bits per heavy atom. The Labute approximate surface area is 363 Å². The first kappa shape index (κ1) is 41.8. The van der Waals surface area contributed by atoms with Crippen molar-refractivity contribution in [3.63, 3.8) is 0 Å². The molecule has 7 aliphatic heterocycles. The van der Waals surface area contributed by atoms with Gasteiger partial charge in [0.05, 0.1) is 49.7 Å². The number of rotatable bonds is 3. The number of aryl methyl sites for hydroxylation is 1. The van der Waals surface area contributed by atoms with Gasteiger partial charge in [-0.05, 0) is 88.9 Å². The summed E-state index contributed by atoms with van der Waals surface area (Å²) in [6.07, 6.45) is 0.0440. The number of phenolic OH excluding ortho intramolecular Hbond substituents is 2. The van der Waals surface area contributed by atoms with Crippen molar-refractivity contribution in [3.8, 4) is 46.3 Å². The predicted octanol–water partition coefficient (Wildman–Crippen LogP) is 5.63. The van der Waals surface area contributed by atoms with Crippen molar-refractivity contribution in [2.24, 2.45) is 0 Å². The average molecular weight is 871 g/mol. The zero-order valence-electron chi connectivity index (χ0n) is 36.1. The summed E-state index contributed by atoms with van der Waals surface area (Å²) in [5.74, 6) is 0.108. The molecule has 328 valence electrons. The standard InChI is InChI=1S/C45H50N4O12S/c1-20-12-24-13-26-27(16-46)48-28-17-57-42(53)45(25-15-30(55-8)29(51)14-23(25)10-11-47(45)7)18-62-41(33-32(28)40-39(58-19-59-40)21(2)38(33)60-22(3)50)35(48)34(31(24)36(52)37(20)56-9)49(26)43(54)61-44(4,5)6/h12,14-15,26-28,34-35,41,51-52H,10-11,13,17-19H2,1-9H3/t26-,27-,28-,34+,35?,41+,45+/m0/s1. The maximum atomic E-state index is 15.1. The number of benzene rings is 3. The molecule has 0 radical (unpaired) electrons. The molecule has 7 heterocycles. The highest BCUT2D eigenvalue weighted by Crippen LogP contribution is 2.65. The summed E-state index contributed by atoms with van der Waals surface area (Å²) in [5.41, 5.74) is 2.45. The third kappa shape index (κ3) is 5.96. The summed E-state index contributed by atoms with van der Waals surface area (Å²) in [5, 5.41) is 33.9. The fraction of sp³-hybridized carbons (Fsp3) is 0.511. The minimum atomic E-state index is -1.43. The van der Waals surface area contributed by atoms with Crippen molar-refractivity contribution in [2.45, 2.75) is 101 Å². The summed E-state index contributed by atoms with van der Waals surface area (Å²) in [6.45, 7) is 10.3. The molecule has 10 rings (SSSR count). The van der Waals surface area contributed by atoms with Crippen molar-refractivity contribution in [2.75, 3.05) is 47.0 Å². The lowest BCUT2D eigenvalue weighted by Gasteiger charge is -2.62. The summed E-state index contributed by atoms with van der Waals surface area (Å²) >= 11 is 1.38. The van der Waals surface area contributed by atoms with Gasteiger partial charge in [-0.1, -0.05) is 6.07 Å². The lowest BCUT2D eigenvalue weighted by Crippen LogP contribution is -2.71. The molecular formula is C45H50N4O12S. The van der Waals surface area contributed by atoms with Crippen LogP contribution in [0, 0.1) is 25.2 Å². The van der Waals surface area contributed by atoms with Crippen molar-refractivity contribution >= 4 is 29.8 Å². The number of fused-ring (bicyclic) bond motifs is 9. The van der Waals surface area contributed by atoms with Gasteiger partial charge in [0.25, 0.3) is 0 Å².